The third kappa shape index (κ3) is 3.18. The molecule has 18 heavy (non-hydrogen) atoms. The van der Waals surface area contributed by atoms with E-state index in [1.165, 1.54) is 0 Å². The van der Waals surface area contributed by atoms with Crippen molar-refractivity contribution in [2.75, 3.05) is 5.32 Å². The molecule has 0 saturated heterocycles. The van der Waals surface area contributed by atoms with Crippen molar-refractivity contribution in [1.29, 1.82) is 0 Å². The fraction of sp³-hybridized carbons (Fsp3) is 0.143. The van der Waals surface area contributed by atoms with Gasteiger partial charge >= 0.3 is 0 Å². The zero-order valence-electron chi connectivity index (χ0n) is 9.87. The first-order valence-electron chi connectivity index (χ1n) is 5.53. The molecule has 2 rings (SSSR count). The molecule has 2 N–H and O–H groups in total. The maximum atomic E-state index is 9.72. The number of nitrogens with one attached hydrogen (secondary N) is 1. The van der Waals surface area contributed by atoms with E-state index in [4.69, 9.17) is 11.6 Å². The SMILES string of the molecule is Cc1cc(Br)ccc1NCc1cc(Cl)ccc1O. The quantitative estimate of drug-likeness (QED) is 0.854. The Bertz CT molecular complexity index is 572. The second-order valence-electron chi connectivity index (χ2n) is 4.09. The van der Waals surface area contributed by atoms with Gasteiger partial charge in [0.1, 0.15) is 5.75 Å². The zero-order valence-corrected chi connectivity index (χ0v) is 12.2. The molecule has 0 aliphatic carbocycles. The lowest BCUT2D eigenvalue weighted by molar-refractivity contribution is 0.469. The van der Waals surface area contributed by atoms with Crippen LogP contribution in [0.25, 0.3) is 0 Å². The first-order chi connectivity index (χ1) is 8.56. The van der Waals surface area contributed by atoms with E-state index < -0.39 is 0 Å². The fourth-order valence-corrected chi connectivity index (χ4v) is 2.38. The van der Waals surface area contributed by atoms with Gasteiger partial charge in [-0.15, -0.1) is 0 Å². The molecule has 0 aliphatic rings. The van der Waals surface area contributed by atoms with Gasteiger partial charge in [0.25, 0.3) is 0 Å². The van der Waals surface area contributed by atoms with Crippen LogP contribution in [0.5, 0.6) is 5.75 Å². The number of rotatable bonds is 3. The molecule has 94 valence electrons. The Morgan fingerprint density at radius 3 is 2.72 bits per heavy atom. The van der Waals surface area contributed by atoms with Crippen LogP contribution < -0.4 is 5.32 Å². The standard InChI is InChI=1S/C14H13BrClNO/c1-9-6-11(15)2-4-13(9)17-8-10-7-12(16)3-5-14(10)18/h2-7,17-18H,8H2,1H3. The Labute approximate surface area is 120 Å². The number of aryl methyl sites for hydroxylation is 1. The van der Waals surface area contributed by atoms with E-state index in [0.29, 0.717) is 11.6 Å². The molecule has 0 heterocycles. The molecule has 0 bridgehead atoms. The van der Waals surface area contributed by atoms with Crippen molar-refractivity contribution in [1.82, 2.24) is 0 Å². The Kier molecular flexibility index (Phi) is 4.15. The topological polar surface area (TPSA) is 32.3 Å². The Morgan fingerprint density at radius 2 is 2.00 bits per heavy atom. The lowest BCUT2D eigenvalue weighted by Gasteiger charge is -2.11. The molecule has 0 atom stereocenters. The van der Waals surface area contributed by atoms with Gasteiger partial charge in [0.05, 0.1) is 0 Å². The van der Waals surface area contributed by atoms with Crippen molar-refractivity contribution in [3.05, 3.63) is 57.0 Å². The van der Waals surface area contributed by atoms with Gasteiger partial charge in [0.2, 0.25) is 0 Å². The van der Waals surface area contributed by atoms with Crippen LogP contribution in [0.4, 0.5) is 5.69 Å². The van der Waals surface area contributed by atoms with Gasteiger partial charge < -0.3 is 10.4 Å². The van der Waals surface area contributed by atoms with Crippen LogP contribution in [-0.2, 0) is 6.54 Å². The van der Waals surface area contributed by atoms with E-state index in [9.17, 15) is 5.11 Å². The zero-order chi connectivity index (χ0) is 13.1. The summed E-state index contributed by atoms with van der Waals surface area (Å²) in [5, 5.41) is 13.6. The van der Waals surface area contributed by atoms with Gasteiger partial charge in [-0.05, 0) is 48.9 Å². The lowest BCUT2D eigenvalue weighted by Crippen LogP contribution is -2.01. The van der Waals surface area contributed by atoms with E-state index >= 15 is 0 Å². The van der Waals surface area contributed by atoms with Gasteiger partial charge in [-0.1, -0.05) is 27.5 Å². The van der Waals surface area contributed by atoms with Gasteiger partial charge in [-0.25, -0.2) is 0 Å². The van der Waals surface area contributed by atoms with Crippen LogP contribution in [0.1, 0.15) is 11.1 Å². The van der Waals surface area contributed by atoms with Crippen LogP contribution in [0.15, 0.2) is 40.9 Å². The summed E-state index contributed by atoms with van der Waals surface area (Å²) >= 11 is 9.33. The number of benzene rings is 2. The third-order valence-corrected chi connectivity index (χ3v) is 3.43. The highest BCUT2D eigenvalue weighted by Crippen LogP contribution is 2.24. The van der Waals surface area contributed by atoms with Gasteiger partial charge in [-0.2, -0.15) is 0 Å². The maximum Gasteiger partial charge on any atom is 0.120 e. The molecule has 2 nitrogen and oxygen atoms in total. The van der Waals surface area contributed by atoms with Crippen LogP contribution in [0.3, 0.4) is 0 Å². The molecule has 0 amide bonds. The average molecular weight is 327 g/mol. The summed E-state index contributed by atoms with van der Waals surface area (Å²) < 4.78 is 1.05. The van der Waals surface area contributed by atoms with E-state index in [1.54, 1.807) is 18.2 Å². The molecule has 0 saturated carbocycles. The first kappa shape index (κ1) is 13.2. The molecule has 4 heteroatoms. The van der Waals surface area contributed by atoms with E-state index in [1.807, 2.05) is 25.1 Å². The smallest absolute Gasteiger partial charge is 0.120 e. The van der Waals surface area contributed by atoms with Crippen molar-refractivity contribution in [3.8, 4) is 5.75 Å². The minimum absolute atomic E-state index is 0.252. The summed E-state index contributed by atoms with van der Waals surface area (Å²) in [6.45, 7) is 2.57. The Balaban J connectivity index is 2.13. The Morgan fingerprint density at radius 1 is 1.22 bits per heavy atom. The summed E-state index contributed by atoms with van der Waals surface area (Å²) in [6, 6.07) is 11.1. The van der Waals surface area contributed by atoms with E-state index in [0.717, 1.165) is 21.3 Å². The summed E-state index contributed by atoms with van der Waals surface area (Å²) in [6.07, 6.45) is 0. The Hall–Kier alpha value is -1.19. The van der Waals surface area contributed by atoms with Crippen molar-refractivity contribution in [2.24, 2.45) is 0 Å². The van der Waals surface area contributed by atoms with E-state index in [2.05, 4.69) is 21.2 Å². The lowest BCUT2D eigenvalue weighted by atomic mass is 10.1. The third-order valence-electron chi connectivity index (χ3n) is 2.70. The molecular formula is C14H13BrClNO. The number of anilines is 1. The number of phenols is 1. The van der Waals surface area contributed by atoms with Crippen molar-refractivity contribution in [3.63, 3.8) is 0 Å². The number of hydrogen-bond acceptors (Lipinski definition) is 2. The molecule has 0 radical (unpaired) electrons. The molecule has 0 aliphatic heterocycles. The van der Waals surface area contributed by atoms with Crippen molar-refractivity contribution >= 4 is 33.2 Å². The number of halogens is 2. The van der Waals surface area contributed by atoms with Crippen molar-refractivity contribution in [2.45, 2.75) is 13.5 Å². The van der Waals surface area contributed by atoms with Crippen molar-refractivity contribution < 1.29 is 5.11 Å². The van der Waals surface area contributed by atoms with Gasteiger partial charge in [-0.3, -0.25) is 0 Å². The minimum Gasteiger partial charge on any atom is -0.508 e. The molecule has 2 aromatic carbocycles. The summed E-state index contributed by atoms with van der Waals surface area (Å²) in [7, 11) is 0. The number of aromatic hydroxyl groups is 1. The average Bonchev–Trinajstić information content (AvgIpc) is 2.32. The highest BCUT2D eigenvalue weighted by Gasteiger charge is 2.03. The summed E-state index contributed by atoms with van der Waals surface area (Å²) in [5.41, 5.74) is 2.97. The highest BCUT2D eigenvalue weighted by atomic mass is 79.9. The normalized spacial score (nSPS) is 10.4. The van der Waals surface area contributed by atoms with Gasteiger partial charge in [0.15, 0.2) is 0 Å². The monoisotopic (exact) mass is 325 g/mol. The molecule has 0 unspecified atom stereocenters. The first-order valence-corrected chi connectivity index (χ1v) is 6.71. The van der Waals surface area contributed by atoms with Gasteiger partial charge in [0, 0.05) is 27.3 Å². The maximum absolute atomic E-state index is 9.72. The van der Waals surface area contributed by atoms with Crippen LogP contribution in [0.2, 0.25) is 5.02 Å². The molecule has 0 fully saturated rings. The van der Waals surface area contributed by atoms with Crippen LogP contribution in [0, 0.1) is 6.92 Å². The predicted molar refractivity (Wildman–Crippen MR) is 79.3 cm³/mol. The highest BCUT2D eigenvalue weighted by molar-refractivity contribution is 9.10. The molecule has 0 spiro atoms. The second kappa shape index (κ2) is 5.63. The largest absolute Gasteiger partial charge is 0.508 e. The minimum atomic E-state index is 0.252. The second-order valence-corrected chi connectivity index (χ2v) is 5.44. The number of phenolic OH excluding ortho intramolecular Hbond substituents is 1. The summed E-state index contributed by atoms with van der Waals surface area (Å²) in [4.78, 5) is 0. The molecule has 2 aromatic rings. The summed E-state index contributed by atoms with van der Waals surface area (Å²) in [5.74, 6) is 0.252. The molecule has 0 aromatic heterocycles. The molecular weight excluding hydrogens is 314 g/mol. The van der Waals surface area contributed by atoms with E-state index in [-0.39, 0.29) is 5.75 Å². The number of hydrogen-bond donors (Lipinski definition) is 2. The predicted octanol–water partition coefficient (Wildman–Crippen LogP) is 4.73. The fourth-order valence-electron chi connectivity index (χ4n) is 1.71. The van der Waals surface area contributed by atoms with Crippen LogP contribution in [-0.4, -0.2) is 5.11 Å². The van der Waals surface area contributed by atoms with Crippen LogP contribution >= 0.6 is 27.5 Å².